The van der Waals surface area contributed by atoms with E-state index in [1.165, 1.54) is 0 Å². The van der Waals surface area contributed by atoms with E-state index in [9.17, 15) is 4.79 Å². The van der Waals surface area contributed by atoms with Gasteiger partial charge in [-0.3, -0.25) is 4.79 Å². The molecule has 1 amide bonds. The Bertz CT molecular complexity index is 445. The molecule has 2 unspecified atom stereocenters. The third-order valence-corrected chi connectivity index (χ3v) is 3.38. The molecule has 1 heterocycles. The van der Waals surface area contributed by atoms with Gasteiger partial charge in [-0.1, -0.05) is 11.6 Å². The number of rotatable bonds is 3. The highest BCUT2D eigenvalue weighted by atomic mass is 16.5. The van der Waals surface area contributed by atoms with Gasteiger partial charge in [0.2, 0.25) is 0 Å². The Hall–Kier alpha value is -1.55. The van der Waals surface area contributed by atoms with Crippen molar-refractivity contribution >= 4 is 11.6 Å². The first-order valence-electron chi connectivity index (χ1n) is 6.32. The fraction of sp³-hybridized carbons (Fsp3) is 0.500. The van der Waals surface area contributed by atoms with E-state index in [1.54, 1.807) is 0 Å². The number of carbonyl (C=O) groups excluding carboxylic acids is 1. The standard InChI is InChI=1S/C14H20N2O2/c1-9-4-5-13(15-3)11(8-9)14(17)16-12-6-7-18-10(12)2/h4-5,8,10,12,15H,6-7H2,1-3H3,(H,16,17). The van der Waals surface area contributed by atoms with Crippen molar-refractivity contribution in [1.29, 1.82) is 0 Å². The van der Waals surface area contributed by atoms with E-state index in [-0.39, 0.29) is 18.1 Å². The monoisotopic (exact) mass is 248 g/mol. The van der Waals surface area contributed by atoms with Gasteiger partial charge in [0, 0.05) is 19.3 Å². The van der Waals surface area contributed by atoms with E-state index in [1.807, 2.05) is 39.1 Å². The number of nitrogens with one attached hydrogen (secondary N) is 2. The second-order valence-corrected chi connectivity index (χ2v) is 4.74. The van der Waals surface area contributed by atoms with Gasteiger partial charge in [-0.25, -0.2) is 0 Å². The van der Waals surface area contributed by atoms with E-state index in [0.29, 0.717) is 5.56 Å². The third-order valence-electron chi connectivity index (χ3n) is 3.38. The second kappa shape index (κ2) is 5.40. The fourth-order valence-electron chi connectivity index (χ4n) is 2.23. The van der Waals surface area contributed by atoms with Crippen molar-refractivity contribution in [3.8, 4) is 0 Å². The van der Waals surface area contributed by atoms with Gasteiger partial charge in [0.1, 0.15) is 0 Å². The van der Waals surface area contributed by atoms with Crippen LogP contribution in [-0.4, -0.2) is 31.7 Å². The number of amides is 1. The summed E-state index contributed by atoms with van der Waals surface area (Å²) >= 11 is 0. The van der Waals surface area contributed by atoms with Crippen LogP contribution in [0, 0.1) is 6.92 Å². The minimum Gasteiger partial charge on any atom is -0.387 e. The van der Waals surface area contributed by atoms with Crippen molar-refractivity contribution in [1.82, 2.24) is 5.32 Å². The molecule has 2 atom stereocenters. The van der Waals surface area contributed by atoms with E-state index >= 15 is 0 Å². The Labute approximate surface area is 108 Å². The van der Waals surface area contributed by atoms with Crippen molar-refractivity contribution in [2.45, 2.75) is 32.4 Å². The molecule has 0 radical (unpaired) electrons. The summed E-state index contributed by atoms with van der Waals surface area (Å²) < 4.78 is 5.45. The minimum atomic E-state index is -0.0367. The lowest BCUT2D eigenvalue weighted by atomic mass is 10.1. The Balaban J connectivity index is 2.15. The zero-order chi connectivity index (χ0) is 13.1. The summed E-state index contributed by atoms with van der Waals surface area (Å²) in [7, 11) is 1.82. The molecule has 2 N–H and O–H groups in total. The van der Waals surface area contributed by atoms with Crippen molar-refractivity contribution in [2.75, 3.05) is 19.0 Å². The van der Waals surface area contributed by atoms with Gasteiger partial charge in [-0.2, -0.15) is 0 Å². The Morgan fingerprint density at radius 2 is 2.22 bits per heavy atom. The molecule has 1 aliphatic rings. The first kappa shape index (κ1) is 12.9. The van der Waals surface area contributed by atoms with Crippen LogP contribution in [0.5, 0.6) is 0 Å². The summed E-state index contributed by atoms with van der Waals surface area (Å²) in [6.07, 6.45) is 0.977. The number of hydrogen-bond acceptors (Lipinski definition) is 3. The first-order chi connectivity index (χ1) is 8.61. The van der Waals surface area contributed by atoms with Gasteiger partial charge in [0.05, 0.1) is 17.7 Å². The summed E-state index contributed by atoms with van der Waals surface area (Å²) in [5.41, 5.74) is 2.62. The van der Waals surface area contributed by atoms with Crippen molar-refractivity contribution in [3.05, 3.63) is 29.3 Å². The molecule has 1 fully saturated rings. The number of benzene rings is 1. The summed E-state index contributed by atoms with van der Waals surface area (Å²) in [4.78, 5) is 12.3. The van der Waals surface area contributed by atoms with Crippen LogP contribution in [0.4, 0.5) is 5.69 Å². The summed E-state index contributed by atoms with van der Waals surface area (Å²) in [5.74, 6) is -0.0367. The normalized spacial score (nSPS) is 22.8. The lowest BCUT2D eigenvalue weighted by molar-refractivity contribution is 0.0867. The summed E-state index contributed by atoms with van der Waals surface area (Å²) in [5, 5.41) is 6.09. The number of aryl methyl sites for hydroxylation is 1. The summed E-state index contributed by atoms with van der Waals surface area (Å²) in [6.45, 7) is 4.70. The zero-order valence-corrected chi connectivity index (χ0v) is 11.1. The smallest absolute Gasteiger partial charge is 0.253 e. The lowest BCUT2D eigenvalue weighted by Gasteiger charge is -2.17. The van der Waals surface area contributed by atoms with Crippen LogP contribution in [0.3, 0.4) is 0 Å². The number of carbonyl (C=O) groups is 1. The van der Waals surface area contributed by atoms with Gasteiger partial charge < -0.3 is 15.4 Å². The maximum absolute atomic E-state index is 12.3. The molecular weight excluding hydrogens is 228 g/mol. The Kier molecular flexibility index (Phi) is 3.87. The molecule has 0 saturated carbocycles. The molecular formula is C14H20N2O2. The topological polar surface area (TPSA) is 50.4 Å². The van der Waals surface area contributed by atoms with Crippen LogP contribution in [0.1, 0.15) is 29.3 Å². The molecule has 4 heteroatoms. The highest BCUT2D eigenvalue weighted by Gasteiger charge is 2.26. The predicted molar refractivity (Wildman–Crippen MR) is 72.0 cm³/mol. The molecule has 2 rings (SSSR count). The largest absolute Gasteiger partial charge is 0.387 e. The van der Waals surface area contributed by atoms with Crippen molar-refractivity contribution in [3.63, 3.8) is 0 Å². The van der Waals surface area contributed by atoms with E-state index in [0.717, 1.165) is 24.3 Å². The molecule has 98 valence electrons. The fourth-order valence-corrected chi connectivity index (χ4v) is 2.23. The average molecular weight is 248 g/mol. The van der Waals surface area contributed by atoms with Gasteiger partial charge in [0.15, 0.2) is 0 Å². The molecule has 4 nitrogen and oxygen atoms in total. The molecule has 0 aliphatic carbocycles. The van der Waals surface area contributed by atoms with E-state index in [4.69, 9.17) is 4.74 Å². The van der Waals surface area contributed by atoms with Gasteiger partial charge in [-0.15, -0.1) is 0 Å². The van der Waals surface area contributed by atoms with Crippen molar-refractivity contribution < 1.29 is 9.53 Å². The Morgan fingerprint density at radius 1 is 1.44 bits per heavy atom. The maximum atomic E-state index is 12.3. The zero-order valence-electron chi connectivity index (χ0n) is 11.1. The highest BCUT2D eigenvalue weighted by molar-refractivity contribution is 6.00. The average Bonchev–Trinajstić information content (AvgIpc) is 2.75. The first-order valence-corrected chi connectivity index (χ1v) is 6.32. The van der Waals surface area contributed by atoms with E-state index in [2.05, 4.69) is 10.6 Å². The number of anilines is 1. The molecule has 18 heavy (non-hydrogen) atoms. The number of hydrogen-bond donors (Lipinski definition) is 2. The van der Waals surface area contributed by atoms with Crippen molar-refractivity contribution in [2.24, 2.45) is 0 Å². The molecule has 0 aromatic heterocycles. The van der Waals surface area contributed by atoms with Gasteiger partial charge in [-0.05, 0) is 32.4 Å². The van der Waals surface area contributed by atoms with Crippen LogP contribution < -0.4 is 10.6 Å². The maximum Gasteiger partial charge on any atom is 0.253 e. The van der Waals surface area contributed by atoms with Gasteiger partial charge in [0.25, 0.3) is 5.91 Å². The SMILES string of the molecule is CNc1ccc(C)cc1C(=O)NC1CCOC1C. The molecule has 1 aliphatic heterocycles. The van der Waals surface area contributed by atoms with Crippen LogP contribution in [-0.2, 0) is 4.74 Å². The van der Waals surface area contributed by atoms with Crippen LogP contribution in [0.25, 0.3) is 0 Å². The van der Waals surface area contributed by atoms with E-state index < -0.39 is 0 Å². The molecule has 0 spiro atoms. The molecule has 0 bridgehead atoms. The van der Waals surface area contributed by atoms with Crippen LogP contribution >= 0.6 is 0 Å². The summed E-state index contributed by atoms with van der Waals surface area (Å²) in [6, 6.07) is 5.94. The lowest BCUT2D eigenvalue weighted by Crippen LogP contribution is -2.39. The quantitative estimate of drug-likeness (QED) is 0.859. The third kappa shape index (κ3) is 2.64. The minimum absolute atomic E-state index is 0.0367. The molecule has 1 aromatic rings. The Morgan fingerprint density at radius 3 is 2.83 bits per heavy atom. The van der Waals surface area contributed by atoms with Gasteiger partial charge >= 0.3 is 0 Å². The van der Waals surface area contributed by atoms with Crippen LogP contribution in [0.15, 0.2) is 18.2 Å². The number of ether oxygens (including phenoxy) is 1. The molecule has 1 aromatic carbocycles. The highest BCUT2D eigenvalue weighted by Crippen LogP contribution is 2.19. The van der Waals surface area contributed by atoms with Crippen LogP contribution in [0.2, 0.25) is 0 Å². The second-order valence-electron chi connectivity index (χ2n) is 4.74. The predicted octanol–water partition coefficient (Wildman–Crippen LogP) is 1.94. The molecule has 1 saturated heterocycles.